The van der Waals surface area contributed by atoms with E-state index in [1.54, 1.807) is 0 Å². The van der Waals surface area contributed by atoms with E-state index in [1.807, 2.05) is 42.5 Å². The molecule has 2 N–H and O–H groups in total. The summed E-state index contributed by atoms with van der Waals surface area (Å²) in [4.78, 5) is 24.2. The first kappa shape index (κ1) is 18.4. The Hall–Kier alpha value is -2.96. The molecule has 2 heterocycles. The molecule has 6 heteroatoms. The fraction of sp³-hybridized carbons (Fsp3) is 0.273. The third kappa shape index (κ3) is 4.65. The molecule has 28 heavy (non-hydrogen) atoms. The van der Waals surface area contributed by atoms with Gasteiger partial charge in [0.05, 0.1) is 5.69 Å². The Balaban J connectivity index is 1.44. The van der Waals surface area contributed by atoms with Crippen molar-refractivity contribution in [2.45, 2.75) is 6.54 Å². The van der Waals surface area contributed by atoms with Crippen molar-refractivity contribution in [2.75, 3.05) is 38.5 Å². The minimum atomic E-state index is -0.178. The van der Waals surface area contributed by atoms with Crippen molar-refractivity contribution < 1.29 is 0 Å². The number of aromatic nitrogens is 2. The summed E-state index contributed by atoms with van der Waals surface area (Å²) >= 11 is 0. The van der Waals surface area contributed by atoms with Crippen LogP contribution in [0.4, 0.5) is 11.6 Å². The van der Waals surface area contributed by atoms with E-state index in [4.69, 9.17) is 0 Å². The first-order valence-corrected chi connectivity index (χ1v) is 9.59. The van der Waals surface area contributed by atoms with E-state index in [1.165, 1.54) is 11.6 Å². The summed E-state index contributed by atoms with van der Waals surface area (Å²) in [6.45, 7) is 5.42. The van der Waals surface area contributed by atoms with E-state index < -0.39 is 0 Å². The summed E-state index contributed by atoms with van der Waals surface area (Å²) in [5.74, 6) is 0.443. The molecule has 0 atom stereocenters. The molecule has 1 saturated heterocycles. The third-order valence-electron chi connectivity index (χ3n) is 5.03. The maximum atomic E-state index is 12.0. The standard InChI is InChI=1S/C22H25N5O/c1-26-11-13-27(14-12-26)16-17-7-9-19(10-8-17)23-22-24-20(15-21(28)25-22)18-5-3-2-4-6-18/h2-10,15H,11-14,16H2,1H3,(H2,23,24,25,28). The smallest absolute Gasteiger partial charge is 0.252 e. The lowest BCUT2D eigenvalue weighted by Gasteiger charge is -2.32. The summed E-state index contributed by atoms with van der Waals surface area (Å²) in [5, 5.41) is 3.20. The van der Waals surface area contributed by atoms with Gasteiger partial charge < -0.3 is 10.2 Å². The van der Waals surface area contributed by atoms with E-state index in [9.17, 15) is 4.79 Å². The van der Waals surface area contributed by atoms with Crippen LogP contribution in [0.15, 0.2) is 65.5 Å². The van der Waals surface area contributed by atoms with Crippen LogP contribution < -0.4 is 10.9 Å². The topological polar surface area (TPSA) is 64.3 Å². The van der Waals surface area contributed by atoms with Gasteiger partial charge in [-0.25, -0.2) is 4.98 Å². The lowest BCUT2D eigenvalue weighted by molar-refractivity contribution is 0.148. The van der Waals surface area contributed by atoms with Gasteiger partial charge in [0.25, 0.3) is 5.56 Å². The van der Waals surface area contributed by atoms with Crippen LogP contribution in [0.2, 0.25) is 0 Å². The van der Waals surface area contributed by atoms with Crippen LogP contribution in [0.25, 0.3) is 11.3 Å². The second-order valence-electron chi connectivity index (χ2n) is 7.25. The number of anilines is 2. The van der Waals surface area contributed by atoms with Crippen LogP contribution in [0.5, 0.6) is 0 Å². The third-order valence-corrected chi connectivity index (χ3v) is 5.03. The molecule has 1 aromatic heterocycles. The van der Waals surface area contributed by atoms with E-state index in [0.29, 0.717) is 11.6 Å². The Bertz CT molecular complexity index is 960. The monoisotopic (exact) mass is 375 g/mol. The normalized spacial score (nSPS) is 15.5. The second-order valence-corrected chi connectivity index (χ2v) is 7.25. The van der Waals surface area contributed by atoms with Gasteiger partial charge >= 0.3 is 0 Å². The van der Waals surface area contributed by atoms with Gasteiger partial charge in [-0.2, -0.15) is 0 Å². The maximum Gasteiger partial charge on any atom is 0.252 e. The number of aromatic amines is 1. The first-order valence-electron chi connectivity index (χ1n) is 9.59. The molecule has 0 aliphatic carbocycles. The van der Waals surface area contributed by atoms with Gasteiger partial charge in [0, 0.05) is 50.0 Å². The van der Waals surface area contributed by atoms with Gasteiger partial charge in [0.15, 0.2) is 0 Å². The highest BCUT2D eigenvalue weighted by Crippen LogP contribution is 2.19. The molecule has 0 unspecified atom stereocenters. The lowest BCUT2D eigenvalue weighted by Crippen LogP contribution is -2.43. The van der Waals surface area contributed by atoms with Gasteiger partial charge in [-0.1, -0.05) is 42.5 Å². The fourth-order valence-corrected chi connectivity index (χ4v) is 3.37. The fourth-order valence-electron chi connectivity index (χ4n) is 3.37. The van der Waals surface area contributed by atoms with E-state index in [-0.39, 0.29) is 5.56 Å². The number of hydrogen-bond acceptors (Lipinski definition) is 5. The van der Waals surface area contributed by atoms with Crippen LogP contribution in [0.1, 0.15) is 5.56 Å². The van der Waals surface area contributed by atoms with E-state index in [2.05, 4.69) is 44.3 Å². The van der Waals surface area contributed by atoms with Crippen molar-refractivity contribution in [1.29, 1.82) is 0 Å². The SMILES string of the molecule is CN1CCN(Cc2ccc(Nc3nc(-c4ccccc4)cc(=O)[nH]3)cc2)CC1. The minimum absolute atomic E-state index is 0.178. The maximum absolute atomic E-state index is 12.0. The van der Waals surface area contributed by atoms with Crippen LogP contribution >= 0.6 is 0 Å². The number of likely N-dealkylation sites (N-methyl/N-ethyl adjacent to an activating group) is 1. The van der Waals surface area contributed by atoms with E-state index in [0.717, 1.165) is 44.0 Å². The van der Waals surface area contributed by atoms with Gasteiger partial charge in [0.1, 0.15) is 0 Å². The number of benzene rings is 2. The number of rotatable bonds is 5. The zero-order valence-corrected chi connectivity index (χ0v) is 16.1. The quantitative estimate of drug-likeness (QED) is 0.718. The average molecular weight is 375 g/mol. The number of hydrogen-bond donors (Lipinski definition) is 2. The van der Waals surface area contributed by atoms with Crippen LogP contribution in [0, 0.1) is 0 Å². The molecule has 0 bridgehead atoms. The molecule has 0 saturated carbocycles. The highest BCUT2D eigenvalue weighted by molar-refractivity contribution is 5.61. The molecular weight excluding hydrogens is 350 g/mol. The largest absolute Gasteiger partial charge is 0.326 e. The van der Waals surface area contributed by atoms with Crippen molar-refractivity contribution in [2.24, 2.45) is 0 Å². The molecule has 0 radical (unpaired) electrons. The summed E-state index contributed by atoms with van der Waals surface area (Å²) in [5.41, 5.74) is 3.57. The van der Waals surface area contributed by atoms with Crippen molar-refractivity contribution in [3.8, 4) is 11.3 Å². The number of nitrogens with one attached hydrogen (secondary N) is 2. The molecule has 2 aromatic carbocycles. The summed E-state index contributed by atoms with van der Waals surface area (Å²) in [6.07, 6.45) is 0. The van der Waals surface area contributed by atoms with Gasteiger partial charge in [-0.05, 0) is 24.7 Å². The zero-order valence-electron chi connectivity index (χ0n) is 16.1. The molecule has 1 aliphatic heterocycles. The molecule has 144 valence electrons. The van der Waals surface area contributed by atoms with Gasteiger partial charge in [-0.3, -0.25) is 14.7 Å². The second kappa shape index (κ2) is 8.37. The van der Waals surface area contributed by atoms with Crippen molar-refractivity contribution >= 4 is 11.6 Å². The molecule has 1 fully saturated rings. The Kier molecular flexibility index (Phi) is 5.50. The Morgan fingerprint density at radius 3 is 2.43 bits per heavy atom. The zero-order chi connectivity index (χ0) is 19.3. The van der Waals surface area contributed by atoms with Crippen LogP contribution in [0.3, 0.4) is 0 Å². The van der Waals surface area contributed by atoms with Crippen molar-refractivity contribution in [1.82, 2.24) is 19.8 Å². The molecule has 0 spiro atoms. The highest BCUT2D eigenvalue weighted by Gasteiger charge is 2.13. The molecule has 3 aromatic rings. The molecular formula is C22H25N5O. The Morgan fingerprint density at radius 1 is 1.00 bits per heavy atom. The average Bonchev–Trinajstić information content (AvgIpc) is 2.71. The first-order chi connectivity index (χ1) is 13.7. The highest BCUT2D eigenvalue weighted by atomic mass is 16.1. The predicted molar refractivity (Wildman–Crippen MR) is 113 cm³/mol. The minimum Gasteiger partial charge on any atom is -0.326 e. The van der Waals surface area contributed by atoms with Crippen LogP contribution in [-0.2, 0) is 6.54 Å². The van der Waals surface area contributed by atoms with Crippen molar-refractivity contribution in [3.05, 3.63) is 76.6 Å². The lowest BCUT2D eigenvalue weighted by atomic mass is 10.1. The van der Waals surface area contributed by atoms with E-state index >= 15 is 0 Å². The molecule has 1 aliphatic rings. The molecule has 6 nitrogen and oxygen atoms in total. The number of H-pyrrole nitrogens is 1. The number of nitrogens with zero attached hydrogens (tertiary/aromatic N) is 3. The molecule has 0 amide bonds. The van der Waals surface area contributed by atoms with Gasteiger partial charge in [0.2, 0.25) is 5.95 Å². The molecule has 4 rings (SSSR count). The Morgan fingerprint density at radius 2 is 1.71 bits per heavy atom. The van der Waals surface area contributed by atoms with Gasteiger partial charge in [-0.15, -0.1) is 0 Å². The summed E-state index contributed by atoms with van der Waals surface area (Å²) in [7, 11) is 2.17. The summed E-state index contributed by atoms with van der Waals surface area (Å²) in [6, 6.07) is 19.5. The number of piperazine rings is 1. The Labute approximate surface area is 164 Å². The van der Waals surface area contributed by atoms with Crippen LogP contribution in [-0.4, -0.2) is 53.0 Å². The summed E-state index contributed by atoms with van der Waals surface area (Å²) < 4.78 is 0. The predicted octanol–water partition coefficient (Wildman–Crippen LogP) is 2.93. The van der Waals surface area contributed by atoms with Crippen molar-refractivity contribution in [3.63, 3.8) is 0 Å².